The van der Waals surface area contributed by atoms with Crippen molar-refractivity contribution >= 4 is 20.7 Å². The molecule has 0 saturated heterocycles. The van der Waals surface area contributed by atoms with Gasteiger partial charge in [-0.25, -0.2) is 8.42 Å². The number of nitrogens with one attached hydrogen (secondary N) is 1. The van der Waals surface area contributed by atoms with Crippen molar-refractivity contribution in [1.29, 1.82) is 0 Å². The summed E-state index contributed by atoms with van der Waals surface area (Å²) < 4.78 is 35.8. The first-order valence-electron chi connectivity index (χ1n) is 6.82. The van der Waals surface area contributed by atoms with E-state index in [9.17, 15) is 13.2 Å². The zero-order chi connectivity index (χ0) is 16.0. The minimum Gasteiger partial charge on any atom is -0.454 e. The normalized spacial score (nSPS) is 13.4. The fourth-order valence-electron chi connectivity index (χ4n) is 2.52. The molecular weight excluding hydrogens is 318 g/mol. The molecule has 6 nitrogen and oxygen atoms in total. The van der Waals surface area contributed by atoms with Crippen LogP contribution in [0.25, 0.3) is 10.9 Å². The van der Waals surface area contributed by atoms with E-state index < -0.39 is 15.3 Å². The van der Waals surface area contributed by atoms with Gasteiger partial charge in [-0.2, -0.15) is 0 Å². The molecule has 0 bridgehead atoms. The number of pyridine rings is 1. The van der Waals surface area contributed by atoms with Crippen LogP contribution in [0.1, 0.15) is 0 Å². The monoisotopic (exact) mass is 329 g/mol. The number of ether oxygens (including phenoxy) is 2. The average Bonchev–Trinajstić information content (AvgIpc) is 3.01. The summed E-state index contributed by atoms with van der Waals surface area (Å²) in [5.74, 6) is 0.948. The Balaban J connectivity index is 1.97. The first-order valence-corrected chi connectivity index (χ1v) is 8.31. The smallest absolute Gasteiger partial charge is 0.231 e. The number of aromatic amines is 1. The van der Waals surface area contributed by atoms with Crippen molar-refractivity contribution in [1.82, 2.24) is 4.98 Å². The molecule has 0 fully saturated rings. The Labute approximate surface area is 131 Å². The van der Waals surface area contributed by atoms with Gasteiger partial charge < -0.3 is 14.5 Å². The predicted molar refractivity (Wildman–Crippen MR) is 82.6 cm³/mol. The van der Waals surface area contributed by atoms with E-state index in [4.69, 9.17) is 9.47 Å². The van der Waals surface area contributed by atoms with Gasteiger partial charge in [0.2, 0.25) is 22.1 Å². The molecule has 0 radical (unpaired) electrons. The Hall–Kier alpha value is -2.80. The van der Waals surface area contributed by atoms with Crippen molar-refractivity contribution in [3.8, 4) is 11.5 Å². The summed E-state index contributed by atoms with van der Waals surface area (Å²) in [4.78, 5) is 15.3. The first kappa shape index (κ1) is 13.8. The van der Waals surface area contributed by atoms with Crippen LogP contribution in [0.4, 0.5) is 0 Å². The lowest BCUT2D eigenvalue weighted by Crippen LogP contribution is -2.16. The minimum absolute atomic E-state index is 0.0746. The van der Waals surface area contributed by atoms with E-state index in [2.05, 4.69) is 4.98 Å². The van der Waals surface area contributed by atoms with Crippen molar-refractivity contribution < 1.29 is 17.9 Å². The number of sulfone groups is 1. The highest BCUT2D eigenvalue weighted by atomic mass is 32.2. The number of hydrogen-bond acceptors (Lipinski definition) is 5. The van der Waals surface area contributed by atoms with Gasteiger partial charge in [0.25, 0.3) is 0 Å². The van der Waals surface area contributed by atoms with E-state index in [1.54, 1.807) is 24.3 Å². The third-order valence-corrected chi connectivity index (χ3v) is 5.46. The van der Waals surface area contributed by atoms with Crippen LogP contribution in [0.15, 0.2) is 63.2 Å². The fourth-order valence-corrected chi connectivity index (χ4v) is 3.85. The van der Waals surface area contributed by atoms with Crippen LogP contribution in [-0.4, -0.2) is 20.2 Å². The molecule has 1 aliphatic heterocycles. The van der Waals surface area contributed by atoms with Crippen molar-refractivity contribution in [2.45, 2.75) is 9.79 Å². The molecule has 116 valence electrons. The topological polar surface area (TPSA) is 85.5 Å². The lowest BCUT2D eigenvalue weighted by Gasteiger charge is -2.06. The molecule has 7 heteroatoms. The second kappa shape index (κ2) is 4.85. The highest BCUT2D eigenvalue weighted by molar-refractivity contribution is 7.91. The van der Waals surface area contributed by atoms with Gasteiger partial charge in [-0.1, -0.05) is 18.2 Å². The summed E-state index contributed by atoms with van der Waals surface area (Å²) in [6, 6.07) is 11.0. The number of benzene rings is 2. The zero-order valence-corrected chi connectivity index (χ0v) is 12.6. The summed E-state index contributed by atoms with van der Waals surface area (Å²) in [5, 5.41) is 0.242. The number of rotatable bonds is 2. The molecule has 0 amide bonds. The van der Waals surface area contributed by atoms with Gasteiger partial charge in [0.1, 0.15) is 4.90 Å². The predicted octanol–water partition coefficient (Wildman–Crippen LogP) is 2.09. The third kappa shape index (κ3) is 2.08. The SMILES string of the molecule is O=c1c(S(=O)(=O)c2ccccc2)c[nH]c2cc3c(cc12)OCO3. The minimum atomic E-state index is -3.89. The lowest BCUT2D eigenvalue weighted by atomic mass is 10.2. The molecule has 0 aliphatic carbocycles. The van der Waals surface area contributed by atoms with Gasteiger partial charge in [0, 0.05) is 12.3 Å². The molecule has 2 heterocycles. The van der Waals surface area contributed by atoms with Crippen LogP contribution in [0.2, 0.25) is 0 Å². The highest BCUT2D eigenvalue weighted by Gasteiger charge is 2.24. The van der Waals surface area contributed by atoms with Crippen LogP contribution in [0, 0.1) is 0 Å². The third-order valence-electron chi connectivity index (χ3n) is 3.68. The fraction of sp³-hybridized carbons (Fsp3) is 0.0625. The van der Waals surface area contributed by atoms with Gasteiger partial charge >= 0.3 is 0 Å². The Morgan fingerprint density at radius 3 is 2.43 bits per heavy atom. The number of aromatic nitrogens is 1. The van der Waals surface area contributed by atoms with Crippen LogP contribution in [0.5, 0.6) is 11.5 Å². The van der Waals surface area contributed by atoms with Crippen LogP contribution in [0.3, 0.4) is 0 Å². The molecule has 23 heavy (non-hydrogen) atoms. The van der Waals surface area contributed by atoms with Gasteiger partial charge in [0.05, 0.1) is 15.8 Å². The number of fused-ring (bicyclic) bond motifs is 2. The standard InChI is InChI=1S/C16H11NO5S/c18-16-11-6-13-14(22-9-21-13)7-12(11)17-8-15(16)23(19,20)10-4-2-1-3-5-10/h1-8H,9H2,(H,17,18). The van der Waals surface area contributed by atoms with E-state index in [0.717, 1.165) is 0 Å². The van der Waals surface area contributed by atoms with Crippen LogP contribution < -0.4 is 14.9 Å². The maximum atomic E-state index is 12.7. The lowest BCUT2D eigenvalue weighted by molar-refractivity contribution is 0.174. The van der Waals surface area contributed by atoms with E-state index in [1.165, 1.54) is 24.4 Å². The molecule has 0 atom stereocenters. The number of H-pyrrole nitrogens is 1. The summed E-state index contributed by atoms with van der Waals surface area (Å²) in [6.07, 6.45) is 1.22. The second-order valence-electron chi connectivity index (χ2n) is 5.05. The molecule has 3 aromatic rings. The summed E-state index contributed by atoms with van der Waals surface area (Å²) >= 11 is 0. The van der Waals surface area contributed by atoms with Gasteiger partial charge in [0.15, 0.2) is 11.5 Å². The Morgan fingerprint density at radius 1 is 1.00 bits per heavy atom. The molecule has 0 unspecified atom stereocenters. The molecule has 2 aromatic carbocycles. The van der Waals surface area contributed by atoms with E-state index >= 15 is 0 Å². The van der Waals surface area contributed by atoms with Crippen LogP contribution in [-0.2, 0) is 9.84 Å². The van der Waals surface area contributed by atoms with Crippen molar-refractivity contribution in [2.24, 2.45) is 0 Å². The molecule has 1 aromatic heterocycles. The van der Waals surface area contributed by atoms with Gasteiger partial charge in [-0.05, 0) is 18.2 Å². The zero-order valence-electron chi connectivity index (χ0n) is 11.8. The summed E-state index contributed by atoms with van der Waals surface area (Å²) in [7, 11) is -3.89. The Kier molecular flexibility index (Phi) is 2.92. The van der Waals surface area contributed by atoms with Crippen molar-refractivity contribution in [2.75, 3.05) is 6.79 Å². The van der Waals surface area contributed by atoms with E-state index in [-0.39, 0.29) is 22.0 Å². The largest absolute Gasteiger partial charge is 0.454 e. The molecule has 0 saturated carbocycles. The maximum absolute atomic E-state index is 12.7. The molecule has 1 N–H and O–H groups in total. The summed E-state index contributed by atoms with van der Waals surface area (Å²) in [6.45, 7) is 0.0784. The van der Waals surface area contributed by atoms with Gasteiger partial charge in [-0.15, -0.1) is 0 Å². The van der Waals surface area contributed by atoms with E-state index in [1.807, 2.05) is 0 Å². The van der Waals surface area contributed by atoms with Crippen molar-refractivity contribution in [3.05, 3.63) is 58.9 Å². The first-order chi connectivity index (χ1) is 11.1. The molecule has 4 rings (SSSR count). The average molecular weight is 329 g/mol. The van der Waals surface area contributed by atoms with E-state index in [0.29, 0.717) is 17.0 Å². The summed E-state index contributed by atoms with van der Waals surface area (Å²) in [5.41, 5.74) is -0.0767. The van der Waals surface area contributed by atoms with Gasteiger partial charge in [-0.3, -0.25) is 4.79 Å². The maximum Gasteiger partial charge on any atom is 0.231 e. The second-order valence-corrected chi connectivity index (χ2v) is 6.97. The number of hydrogen-bond donors (Lipinski definition) is 1. The Morgan fingerprint density at radius 2 is 1.70 bits per heavy atom. The van der Waals surface area contributed by atoms with Crippen LogP contribution >= 0.6 is 0 Å². The van der Waals surface area contributed by atoms with Crippen molar-refractivity contribution in [3.63, 3.8) is 0 Å². The molecule has 1 aliphatic rings. The molecular formula is C16H11NO5S. The quantitative estimate of drug-likeness (QED) is 0.778. The molecule has 0 spiro atoms. The highest BCUT2D eigenvalue weighted by Crippen LogP contribution is 2.34. The Bertz CT molecular complexity index is 1070.